The van der Waals surface area contributed by atoms with Gasteiger partial charge in [-0.15, -0.1) is 0 Å². The summed E-state index contributed by atoms with van der Waals surface area (Å²) in [5.74, 6) is -0.660. The first kappa shape index (κ1) is 20.6. The maximum Gasteiger partial charge on any atom is 0.414 e. The van der Waals surface area contributed by atoms with E-state index in [1.165, 1.54) is 17.9 Å². The maximum atomic E-state index is 14.8. The predicted octanol–water partition coefficient (Wildman–Crippen LogP) is 1.95. The number of amides is 2. The predicted molar refractivity (Wildman–Crippen MR) is 113 cm³/mol. The molecule has 2 aliphatic heterocycles. The van der Waals surface area contributed by atoms with Gasteiger partial charge in [0.1, 0.15) is 18.3 Å². The van der Waals surface area contributed by atoms with E-state index in [2.05, 4.69) is 15.4 Å². The van der Waals surface area contributed by atoms with Crippen LogP contribution in [0.3, 0.4) is 0 Å². The Morgan fingerprint density at radius 2 is 2.16 bits per heavy atom. The zero-order valence-corrected chi connectivity index (χ0v) is 17.1. The number of aromatic nitrogens is 1. The van der Waals surface area contributed by atoms with E-state index in [-0.39, 0.29) is 19.0 Å². The average molecular weight is 426 g/mol. The molecule has 3 heterocycles. The van der Waals surface area contributed by atoms with Crippen LogP contribution in [-0.2, 0) is 16.1 Å². The molecule has 2 amide bonds. The summed E-state index contributed by atoms with van der Waals surface area (Å²) in [5.41, 5.74) is 1.70. The molecule has 9 nitrogen and oxygen atoms in total. The monoisotopic (exact) mass is 426 g/mol. The number of hydrogen-bond donors (Lipinski definition) is 1. The smallest absolute Gasteiger partial charge is 0.414 e. The molecule has 1 fully saturated rings. The normalized spacial score (nSPS) is 18.3. The third-order valence-electron chi connectivity index (χ3n) is 5.03. The number of rotatable bonds is 6. The number of benzene rings is 1. The highest BCUT2D eigenvalue weighted by Crippen LogP contribution is 2.28. The quantitative estimate of drug-likeness (QED) is 0.759. The zero-order valence-electron chi connectivity index (χ0n) is 17.1. The van der Waals surface area contributed by atoms with Gasteiger partial charge in [-0.1, -0.05) is 6.07 Å². The molecule has 2 aromatic rings. The summed E-state index contributed by atoms with van der Waals surface area (Å²) in [5, 5.41) is 8.88. The van der Waals surface area contributed by atoms with E-state index in [4.69, 9.17) is 4.74 Å². The summed E-state index contributed by atoms with van der Waals surface area (Å²) in [6.07, 6.45) is 2.30. The Labute approximate surface area is 179 Å². The van der Waals surface area contributed by atoms with Crippen LogP contribution < -0.4 is 15.1 Å². The summed E-state index contributed by atoms with van der Waals surface area (Å²) in [6, 6.07) is 10.3. The molecule has 0 bridgehead atoms. The van der Waals surface area contributed by atoms with Crippen LogP contribution in [0, 0.1) is 5.82 Å². The number of anilines is 2. The molecule has 1 saturated heterocycles. The fourth-order valence-electron chi connectivity index (χ4n) is 3.45. The van der Waals surface area contributed by atoms with Crippen molar-refractivity contribution in [2.24, 2.45) is 5.10 Å². The summed E-state index contributed by atoms with van der Waals surface area (Å²) in [6.45, 7) is 3.63. The van der Waals surface area contributed by atoms with Crippen molar-refractivity contribution in [1.82, 2.24) is 15.3 Å². The Balaban J connectivity index is 1.39. The lowest BCUT2D eigenvalue weighted by atomic mass is 10.2. The molecule has 31 heavy (non-hydrogen) atoms. The number of cyclic esters (lactones) is 1. The minimum Gasteiger partial charge on any atom is -0.442 e. The van der Waals surface area contributed by atoms with Gasteiger partial charge >= 0.3 is 6.09 Å². The molecule has 0 aliphatic carbocycles. The van der Waals surface area contributed by atoms with Crippen LogP contribution >= 0.6 is 0 Å². The van der Waals surface area contributed by atoms with Gasteiger partial charge in [0.25, 0.3) is 0 Å². The lowest BCUT2D eigenvalue weighted by Crippen LogP contribution is -2.38. The molecule has 10 heteroatoms. The Morgan fingerprint density at radius 3 is 2.84 bits per heavy atom. The Kier molecular flexibility index (Phi) is 5.96. The number of carbonyl (C=O) groups is 2. The van der Waals surface area contributed by atoms with E-state index in [0.29, 0.717) is 31.0 Å². The highest BCUT2D eigenvalue weighted by atomic mass is 19.1. The van der Waals surface area contributed by atoms with Crippen molar-refractivity contribution in [2.45, 2.75) is 19.6 Å². The molecule has 0 radical (unpaired) electrons. The molecule has 0 unspecified atom stereocenters. The van der Waals surface area contributed by atoms with Crippen LogP contribution in [0.2, 0.25) is 0 Å². The van der Waals surface area contributed by atoms with Crippen LogP contribution in [0.4, 0.5) is 20.6 Å². The minimum atomic E-state index is -0.563. The number of ether oxygens (including phenoxy) is 1. The molecule has 2 aliphatic rings. The van der Waals surface area contributed by atoms with E-state index in [1.807, 2.05) is 23.2 Å². The Hall–Kier alpha value is -3.69. The summed E-state index contributed by atoms with van der Waals surface area (Å²) in [4.78, 5) is 30.6. The number of carbonyl (C=O) groups excluding carboxylic acids is 2. The second kappa shape index (κ2) is 8.99. The standard InChI is InChI=1S/C21H23FN6O3/c1-15(29)24-11-18-13-28(21(30)31-18)17-5-6-20(19(22)10-17)26-8-9-27(25-14-26)12-16-4-2-3-7-23-16/h2-7,10,14,18H,8-9,11-13H2,1H3,(H,24,29)/t18-/m0/s1. The molecule has 0 spiro atoms. The van der Waals surface area contributed by atoms with Crippen molar-refractivity contribution >= 4 is 29.7 Å². The Morgan fingerprint density at radius 1 is 1.29 bits per heavy atom. The number of hydrogen-bond acceptors (Lipinski definition) is 7. The van der Waals surface area contributed by atoms with E-state index < -0.39 is 18.0 Å². The van der Waals surface area contributed by atoms with E-state index in [1.54, 1.807) is 29.6 Å². The third kappa shape index (κ3) is 4.90. The highest BCUT2D eigenvalue weighted by Gasteiger charge is 2.33. The first-order valence-electron chi connectivity index (χ1n) is 9.97. The van der Waals surface area contributed by atoms with Crippen molar-refractivity contribution in [1.29, 1.82) is 0 Å². The molecular weight excluding hydrogens is 403 g/mol. The van der Waals surface area contributed by atoms with E-state index in [9.17, 15) is 14.0 Å². The van der Waals surface area contributed by atoms with Gasteiger partial charge in [0, 0.05) is 19.7 Å². The fourth-order valence-corrected chi connectivity index (χ4v) is 3.45. The van der Waals surface area contributed by atoms with Crippen LogP contribution in [0.1, 0.15) is 12.6 Å². The lowest BCUT2D eigenvalue weighted by molar-refractivity contribution is -0.119. The van der Waals surface area contributed by atoms with Gasteiger partial charge in [-0.2, -0.15) is 5.10 Å². The van der Waals surface area contributed by atoms with Gasteiger partial charge in [0.15, 0.2) is 0 Å². The van der Waals surface area contributed by atoms with Crippen molar-refractivity contribution in [3.63, 3.8) is 0 Å². The SMILES string of the molecule is CC(=O)NC[C@H]1CN(c2ccc(N3C=NN(Cc4ccccn4)CC3)c(F)c2)C(=O)O1. The van der Waals surface area contributed by atoms with Gasteiger partial charge < -0.3 is 15.0 Å². The minimum absolute atomic E-state index is 0.202. The molecule has 1 atom stereocenters. The number of pyridine rings is 1. The summed E-state index contributed by atoms with van der Waals surface area (Å²) < 4.78 is 20.1. The number of halogens is 1. The second-order valence-corrected chi connectivity index (χ2v) is 7.32. The van der Waals surface area contributed by atoms with Crippen molar-refractivity contribution < 1.29 is 18.7 Å². The van der Waals surface area contributed by atoms with Gasteiger partial charge in [0.2, 0.25) is 5.91 Å². The Bertz CT molecular complexity index is 986. The topological polar surface area (TPSA) is 90.4 Å². The second-order valence-electron chi connectivity index (χ2n) is 7.32. The molecular formula is C21H23FN6O3. The summed E-state index contributed by atoms with van der Waals surface area (Å²) >= 11 is 0. The molecule has 1 N–H and O–H groups in total. The largest absolute Gasteiger partial charge is 0.442 e. The summed E-state index contributed by atoms with van der Waals surface area (Å²) in [7, 11) is 0. The maximum absolute atomic E-state index is 14.8. The third-order valence-corrected chi connectivity index (χ3v) is 5.03. The first-order chi connectivity index (χ1) is 15.0. The molecule has 1 aromatic heterocycles. The van der Waals surface area contributed by atoms with Gasteiger partial charge in [-0.05, 0) is 30.3 Å². The van der Waals surface area contributed by atoms with Gasteiger partial charge in [-0.25, -0.2) is 9.18 Å². The van der Waals surface area contributed by atoms with Gasteiger partial charge in [0.05, 0.1) is 43.2 Å². The number of nitrogens with one attached hydrogen (secondary N) is 1. The van der Waals surface area contributed by atoms with Crippen LogP contribution in [0.15, 0.2) is 47.7 Å². The lowest BCUT2D eigenvalue weighted by Gasteiger charge is -2.30. The zero-order chi connectivity index (χ0) is 21.8. The van der Waals surface area contributed by atoms with Gasteiger partial charge in [-0.3, -0.25) is 19.7 Å². The molecule has 4 rings (SSSR count). The molecule has 0 saturated carbocycles. The van der Waals surface area contributed by atoms with Crippen LogP contribution in [0.25, 0.3) is 0 Å². The number of hydrazone groups is 1. The van der Waals surface area contributed by atoms with Crippen LogP contribution in [-0.4, -0.2) is 60.6 Å². The van der Waals surface area contributed by atoms with Crippen molar-refractivity contribution in [2.75, 3.05) is 36.0 Å². The molecule has 162 valence electrons. The first-order valence-corrected chi connectivity index (χ1v) is 9.97. The van der Waals surface area contributed by atoms with Crippen molar-refractivity contribution in [3.05, 3.63) is 54.1 Å². The average Bonchev–Trinajstić information content (AvgIpc) is 3.14. The van der Waals surface area contributed by atoms with Crippen LogP contribution in [0.5, 0.6) is 0 Å². The highest BCUT2D eigenvalue weighted by molar-refractivity contribution is 5.90. The molecule has 1 aromatic carbocycles. The number of nitrogens with zero attached hydrogens (tertiary/aromatic N) is 5. The van der Waals surface area contributed by atoms with E-state index in [0.717, 1.165) is 5.69 Å². The fraction of sp³-hybridized carbons (Fsp3) is 0.333. The van der Waals surface area contributed by atoms with Crippen molar-refractivity contribution in [3.8, 4) is 0 Å². The van der Waals surface area contributed by atoms with E-state index >= 15 is 0 Å².